The summed E-state index contributed by atoms with van der Waals surface area (Å²) in [5.41, 5.74) is 5.42. The smallest absolute Gasteiger partial charge is 0.260 e. The summed E-state index contributed by atoms with van der Waals surface area (Å²) in [6.07, 6.45) is 2.22. The van der Waals surface area contributed by atoms with E-state index in [2.05, 4.69) is 9.97 Å². The second-order valence-electron chi connectivity index (χ2n) is 4.00. The Morgan fingerprint density at radius 1 is 1.41 bits per heavy atom. The number of aromatic nitrogens is 2. The maximum absolute atomic E-state index is 13.4. The van der Waals surface area contributed by atoms with E-state index in [1.54, 1.807) is 18.2 Å². The number of carbonyl (C=O) groups is 1. The third-order valence-electron chi connectivity index (χ3n) is 2.47. The Morgan fingerprint density at radius 3 is 2.68 bits per heavy atom. The summed E-state index contributed by atoms with van der Waals surface area (Å²) in [6, 6.07) is 7.85. The van der Waals surface area contributed by atoms with Gasteiger partial charge in [0.1, 0.15) is 17.4 Å². The highest BCUT2D eigenvalue weighted by Crippen LogP contribution is 2.23. The van der Waals surface area contributed by atoms with E-state index in [0.29, 0.717) is 11.3 Å². The second kappa shape index (κ2) is 6.65. The number of ether oxygens (including phenoxy) is 1. The summed E-state index contributed by atoms with van der Waals surface area (Å²) in [6.45, 7) is 0. The summed E-state index contributed by atoms with van der Waals surface area (Å²) in [7, 11) is 0. The first-order valence-corrected chi connectivity index (χ1v) is 6.25. The van der Waals surface area contributed by atoms with E-state index in [0.717, 1.165) is 6.20 Å². The number of carbonyl (C=O) groups excluding carboxylic acids is 1. The number of amides is 1. The van der Waals surface area contributed by atoms with Crippen molar-refractivity contribution in [3.8, 4) is 17.7 Å². The Hall–Kier alpha value is -2.98. The Balaban J connectivity index is 2.21. The minimum Gasteiger partial charge on any atom is -0.436 e. The molecular weight excluding hydrogens is 311 g/mol. The lowest BCUT2D eigenvalue weighted by Gasteiger charge is -2.05. The summed E-state index contributed by atoms with van der Waals surface area (Å²) >= 11 is 5.56. The maximum Gasteiger partial charge on any atom is 0.260 e. The van der Waals surface area contributed by atoms with E-state index in [9.17, 15) is 9.18 Å². The van der Waals surface area contributed by atoms with E-state index in [-0.39, 0.29) is 16.7 Å². The van der Waals surface area contributed by atoms with Crippen LogP contribution in [-0.2, 0) is 4.79 Å². The number of hydrogen-bond acceptors (Lipinski definition) is 5. The fourth-order valence-corrected chi connectivity index (χ4v) is 1.60. The van der Waals surface area contributed by atoms with Crippen molar-refractivity contribution >= 4 is 23.6 Å². The fourth-order valence-electron chi connectivity index (χ4n) is 1.47. The fraction of sp³-hybridized carbons (Fsp3) is 0. The zero-order chi connectivity index (χ0) is 16.1. The molecule has 2 N–H and O–H groups in total. The predicted molar refractivity (Wildman–Crippen MR) is 76.3 cm³/mol. The van der Waals surface area contributed by atoms with Gasteiger partial charge in [-0.25, -0.2) is 4.98 Å². The van der Waals surface area contributed by atoms with Crippen molar-refractivity contribution in [2.45, 2.75) is 0 Å². The molecule has 0 radical (unpaired) electrons. The number of hydrogen-bond donors (Lipinski definition) is 1. The van der Waals surface area contributed by atoms with Gasteiger partial charge in [0.2, 0.25) is 11.1 Å². The number of nitrogens with two attached hydrogens (primary N) is 1. The van der Waals surface area contributed by atoms with Gasteiger partial charge in [0, 0.05) is 0 Å². The number of nitrogens with zero attached hydrogens (tertiary/aromatic N) is 3. The van der Waals surface area contributed by atoms with Crippen LogP contribution in [0.5, 0.6) is 11.6 Å². The standard InChI is InChI=1S/C14H8ClFN4O2/c15-14-19-7-11(16)13(20-14)22-10-3-1-8(2-4-10)5-9(6-17)12(18)21/h1-5,7H,(H2,18,21). The molecule has 1 aromatic carbocycles. The molecule has 2 rings (SSSR count). The Bertz CT molecular complexity index is 784. The van der Waals surface area contributed by atoms with Gasteiger partial charge >= 0.3 is 0 Å². The third-order valence-corrected chi connectivity index (χ3v) is 2.66. The lowest BCUT2D eigenvalue weighted by Crippen LogP contribution is -2.12. The van der Waals surface area contributed by atoms with E-state index in [1.807, 2.05) is 0 Å². The molecule has 6 nitrogen and oxygen atoms in total. The summed E-state index contributed by atoms with van der Waals surface area (Å²) in [5, 5.41) is 8.61. The highest BCUT2D eigenvalue weighted by atomic mass is 35.5. The van der Waals surface area contributed by atoms with Gasteiger partial charge in [-0.05, 0) is 35.4 Å². The molecule has 0 unspecified atom stereocenters. The van der Waals surface area contributed by atoms with E-state index >= 15 is 0 Å². The molecule has 0 aliphatic rings. The van der Waals surface area contributed by atoms with Crippen molar-refractivity contribution in [1.29, 1.82) is 5.26 Å². The van der Waals surface area contributed by atoms with Crippen LogP contribution in [0.25, 0.3) is 6.08 Å². The van der Waals surface area contributed by atoms with E-state index in [1.165, 1.54) is 18.2 Å². The zero-order valence-electron chi connectivity index (χ0n) is 11.0. The van der Waals surface area contributed by atoms with Crippen LogP contribution in [0.4, 0.5) is 4.39 Å². The minimum absolute atomic E-state index is 0.143. The number of benzene rings is 1. The first-order valence-electron chi connectivity index (χ1n) is 5.87. The van der Waals surface area contributed by atoms with Crippen LogP contribution in [0.1, 0.15) is 5.56 Å². The molecule has 0 aliphatic carbocycles. The van der Waals surface area contributed by atoms with Crippen molar-refractivity contribution in [3.05, 3.63) is 52.7 Å². The van der Waals surface area contributed by atoms with Crippen molar-refractivity contribution in [2.24, 2.45) is 5.73 Å². The SMILES string of the molecule is N#CC(=Cc1ccc(Oc2nc(Cl)ncc2F)cc1)C(N)=O. The monoisotopic (exact) mass is 318 g/mol. The molecule has 1 heterocycles. The number of primary amides is 1. The molecule has 0 spiro atoms. The molecule has 110 valence electrons. The van der Waals surface area contributed by atoms with Gasteiger partial charge in [0.15, 0.2) is 0 Å². The van der Waals surface area contributed by atoms with Crippen LogP contribution in [0, 0.1) is 17.1 Å². The van der Waals surface area contributed by atoms with Crippen molar-refractivity contribution in [2.75, 3.05) is 0 Å². The summed E-state index contributed by atoms with van der Waals surface area (Å²) in [4.78, 5) is 18.0. The number of rotatable bonds is 4. The third kappa shape index (κ3) is 3.77. The van der Waals surface area contributed by atoms with Gasteiger partial charge in [-0.2, -0.15) is 14.6 Å². The van der Waals surface area contributed by atoms with Crippen molar-refractivity contribution in [1.82, 2.24) is 9.97 Å². The molecule has 0 atom stereocenters. The molecule has 0 saturated carbocycles. The van der Waals surface area contributed by atoms with Crippen molar-refractivity contribution in [3.63, 3.8) is 0 Å². The minimum atomic E-state index is -0.819. The van der Waals surface area contributed by atoms with Gasteiger partial charge in [0.05, 0.1) is 6.20 Å². The molecule has 0 saturated heterocycles. The molecule has 0 aliphatic heterocycles. The number of nitriles is 1. The van der Waals surface area contributed by atoms with Crippen molar-refractivity contribution < 1.29 is 13.9 Å². The second-order valence-corrected chi connectivity index (χ2v) is 4.34. The Morgan fingerprint density at radius 2 is 2.09 bits per heavy atom. The molecule has 2 aromatic rings. The molecule has 0 fully saturated rings. The lowest BCUT2D eigenvalue weighted by molar-refractivity contribution is -0.114. The highest BCUT2D eigenvalue weighted by Gasteiger charge is 2.09. The summed E-state index contributed by atoms with van der Waals surface area (Å²) < 4.78 is 18.7. The quantitative estimate of drug-likeness (QED) is 0.530. The average Bonchev–Trinajstić information content (AvgIpc) is 2.50. The largest absolute Gasteiger partial charge is 0.436 e. The van der Waals surface area contributed by atoms with E-state index < -0.39 is 11.7 Å². The van der Waals surface area contributed by atoms with Gasteiger partial charge in [-0.1, -0.05) is 12.1 Å². The van der Waals surface area contributed by atoms with Crippen LogP contribution in [0.15, 0.2) is 36.0 Å². The first-order chi connectivity index (χ1) is 10.5. The van der Waals surface area contributed by atoms with Gasteiger partial charge in [0.25, 0.3) is 11.8 Å². The predicted octanol–water partition coefficient (Wildman–Crippen LogP) is 2.45. The molecule has 8 heteroatoms. The van der Waals surface area contributed by atoms with Gasteiger partial charge in [-0.3, -0.25) is 4.79 Å². The van der Waals surface area contributed by atoms with Crippen LogP contribution in [-0.4, -0.2) is 15.9 Å². The molecular formula is C14H8ClFN4O2. The topological polar surface area (TPSA) is 102 Å². The van der Waals surface area contributed by atoms with E-state index in [4.69, 9.17) is 27.3 Å². The van der Waals surface area contributed by atoms with Gasteiger partial charge in [-0.15, -0.1) is 0 Å². The van der Waals surface area contributed by atoms with Crippen LogP contribution < -0.4 is 10.5 Å². The van der Waals surface area contributed by atoms with Crippen LogP contribution in [0.3, 0.4) is 0 Å². The van der Waals surface area contributed by atoms with Crippen LogP contribution >= 0.6 is 11.6 Å². The van der Waals surface area contributed by atoms with Gasteiger partial charge < -0.3 is 10.5 Å². The molecule has 1 aromatic heterocycles. The first kappa shape index (κ1) is 15.4. The summed E-state index contributed by atoms with van der Waals surface area (Å²) in [5.74, 6) is -1.59. The van der Waals surface area contributed by atoms with Crippen LogP contribution in [0.2, 0.25) is 5.28 Å². The molecule has 0 bridgehead atoms. The zero-order valence-corrected chi connectivity index (χ0v) is 11.7. The average molecular weight is 319 g/mol. The molecule has 22 heavy (non-hydrogen) atoms. The molecule has 1 amide bonds. The number of halogens is 2. The Kier molecular flexibility index (Phi) is 4.66. The normalized spacial score (nSPS) is 10.9. The Labute approximate surface area is 129 Å². The highest BCUT2D eigenvalue weighted by molar-refractivity contribution is 6.28. The maximum atomic E-state index is 13.4. The lowest BCUT2D eigenvalue weighted by atomic mass is 10.1.